The summed E-state index contributed by atoms with van der Waals surface area (Å²) in [5.41, 5.74) is 1.00. The van der Waals surface area contributed by atoms with Crippen LogP contribution in [0, 0.1) is 10.1 Å². The molecule has 0 spiro atoms. The molecule has 0 aliphatic carbocycles. The maximum Gasteiger partial charge on any atom is 0.273 e. The fourth-order valence-corrected chi connectivity index (χ4v) is 3.96. The summed E-state index contributed by atoms with van der Waals surface area (Å²) in [5.74, 6) is -0.381. The van der Waals surface area contributed by atoms with Gasteiger partial charge in [-0.25, -0.2) is 0 Å². The van der Waals surface area contributed by atoms with Gasteiger partial charge in [0.1, 0.15) is 0 Å². The molecule has 1 aliphatic rings. The average molecular weight is 445 g/mol. The van der Waals surface area contributed by atoms with Gasteiger partial charge < -0.3 is 10.1 Å². The zero-order chi connectivity index (χ0) is 19.7. The van der Waals surface area contributed by atoms with Crippen molar-refractivity contribution in [2.45, 2.75) is 18.4 Å². The number of nitrogens with zero attached hydrogens (tertiary/aromatic N) is 2. The lowest BCUT2D eigenvalue weighted by Gasteiger charge is -2.38. The number of halogens is 1. The smallest absolute Gasteiger partial charge is 0.273 e. The van der Waals surface area contributed by atoms with Gasteiger partial charge in [-0.3, -0.25) is 20.0 Å². The standard InChI is InChI=1S/C19H17BrN4O4/c20-13-3-1-2-12(10-13)19(6-8-28-9-7-19)21-18(25)17-15-11-14(24(26)27)4-5-16(15)22-23-17/h1-5,10-11H,6-9H2,(H,21,25)(H,22,23). The Labute approximate surface area is 168 Å². The predicted octanol–water partition coefficient (Wildman–Crippen LogP) is 3.67. The number of nitrogens with one attached hydrogen (secondary N) is 2. The molecule has 2 aromatic carbocycles. The van der Waals surface area contributed by atoms with Gasteiger partial charge in [0.05, 0.1) is 16.0 Å². The molecule has 2 heterocycles. The minimum atomic E-state index is -0.592. The molecule has 1 aliphatic heterocycles. The van der Waals surface area contributed by atoms with Crippen molar-refractivity contribution < 1.29 is 14.5 Å². The molecule has 1 amide bonds. The zero-order valence-corrected chi connectivity index (χ0v) is 16.4. The Morgan fingerprint density at radius 1 is 1.25 bits per heavy atom. The van der Waals surface area contributed by atoms with E-state index in [1.165, 1.54) is 12.1 Å². The average Bonchev–Trinajstić information content (AvgIpc) is 3.12. The van der Waals surface area contributed by atoms with E-state index in [2.05, 4.69) is 31.4 Å². The van der Waals surface area contributed by atoms with Gasteiger partial charge >= 0.3 is 0 Å². The van der Waals surface area contributed by atoms with Crippen molar-refractivity contribution in [2.75, 3.05) is 13.2 Å². The number of aromatic amines is 1. The predicted molar refractivity (Wildman–Crippen MR) is 106 cm³/mol. The second kappa shape index (κ2) is 7.33. The lowest BCUT2D eigenvalue weighted by atomic mass is 9.82. The van der Waals surface area contributed by atoms with Crippen LogP contribution in [0.2, 0.25) is 0 Å². The summed E-state index contributed by atoms with van der Waals surface area (Å²) < 4.78 is 6.42. The number of nitro benzene ring substituents is 1. The summed E-state index contributed by atoms with van der Waals surface area (Å²) in [7, 11) is 0. The Hall–Kier alpha value is -2.78. The summed E-state index contributed by atoms with van der Waals surface area (Å²) >= 11 is 3.49. The second-order valence-corrected chi connectivity index (χ2v) is 7.63. The van der Waals surface area contributed by atoms with E-state index in [-0.39, 0.29) is 17.3 Å². The van der Waals surface area contributed by atoms with Crippen LogP contribution in [0.25, 0.3) is 10.9 Å². The highest BCUT2D eigenvalue weighted by molar-refractivity contribution is 9.10. The van der Waals surface area contributed by atoms with Gasteiger partial charge in [-0.15, -0.1) is 0 Å². The van der Waals surface area contributed by atoms with Gasteiger partial charge in [-0.2, -0.15) is 5.10 Å². The van der Waals surface area contributed by atoms with Gasteiger partial charge in [-0.1, -0.05) is 28.1 Å². The number of carbonyl (C=O) groups is 1. The molecular formula is C19H17BrN4O4. The highest BCUT2D eigenvalue weighted by Crippen LogP contribution is 2.34. The van der Waals surface area contributed by atoms with Gasteiger partial charge in [0.15, 0.2) is 5.69 Å². The fraction of sp³-hybridized carbons (Fsp3) is 0.263. The number of aromatic nitrogens is 2. The van der Waals surface area contributed by atoms with Crippen molar-refractivity contribution in [1.82, 2.24) is 15.5 Å². The largest absolute Gasteiger partial charge is 0.381 e. The Morgan fingerprint density at radius 3 is 2.75 bits per heavy atom. The molecule has 0 saturated carbocycles. The van der Waals surface area contributed by atoms with Crippen LogP contribution < -0.4 is 5.32 Å². The van der Waals surface area contributed by atoms with Crippen LogP contribution in [-0.4, -0.2) is 34.2 Å². The molecule has 1 aromatic heterocycles. The highest BCUT2D eigenvalue weighted by atomic mass is 79.9. The van der Waals surface area contributed by atoms with Crippen LogP contribution in [0.3, 0.4) is 0 Å². The molecule has 0 atom stereocenters. The summed E-state index contributed by atoms with van der Waals surface area (Å²) in [5, 5.41) is 21.5. The summed E-state index contributed by atoms with van der Waals surface area (Å²) in [6.07, 6.45) is 1.25. The van der Waals surface area contributed by atoms with Crippen LogP contribution in [0.1, 0.15) is 28.9 Å². The normalized spacial score (nSPS) is 16.0. The number of ether oxygens (including phenoxy) is 1. The van der Waals surface area contributed by atoms with Crippen LogP contribution in [0.5, 0.6) is 0 Å². The van der Waals surface area contributed by atoms with E-state index in [0.29, 0.717) is 37.0 Å². The maximum absolute atomic E-state index is 13.1. The molecule has 2 N–H and O–H groups in total. The fourth-order valence-electron chi connectivity index (χ4n) is 3.56. The van der Waals surface area contributed by atoms with Gasteiger partial charge in [0.2, 0.25) is 0 Å². The van der Waals surface area contributed by atoms with Crippen LogP contribution in [0.4, 0.5) is 5.69 Å². The van der Waals surface area contributed by atoms with Crippen molar-refractivity contribution in [3.05, 3.63) is 68.3 Å². The third kappa shape index (κ3) is 3.38. The molecule has 0 bridgehead atoms. The van der Waals surface area contributed by atoms with Crippen LogP contribution >= 0.6 is 15.9 Å². The number of hydrogen-bond acceptors (Lipinski definition) is 5. The first-order valence-corrected chi connectivity index (χ1v) is 9.57. The number of rotatable bonds is 4. The molecule has 144 valence electrons. The zero-order valence-electron chi connectivity index (χ0n) is 14.8. The molecule has 1 fully saturated rings. The third-order valence-electron chi connectivity index (χ3n) is 5.05. The van der Waals surface area contributed by atoms with E-state index in [4.69, 9.17) is 4.74 Å². The van der Waals surface area contributed by atoms with Gasteiger partial charge in [0.25, 0.3) is 11.6 Å². The Bertz CT molecular complexity index is 1060. The number of carbonyl (C=O) groups excluding carboxylic acids is 1. The lowest BCUT2D eigenvalue weighted by molar-refractivity contribution is -0.384. The molecule has 0 unspecified atom stereocenters. The van der Waals surface area contributed by atoms with Crippen molar-refractivity contribution >= 4 is 38.4 Å². The number of nitro groups is 1. The quantitative estimate of drug-likeness (QED) is 0.471. The molecule has 3 aromatic rings. The monoisotopic (exact) mass is 444 g/mol. The molecule has 0 radical (unpaired) electrons. The number of non-ortho nitro benzene ring substituents is 1. The molecule has 28 heavy (non-hydrogen) atoms. The molecule has 4 rings (SSSR count). The molecule has 1 saturated heterocycles. The maximum atomic E-state index is 13.1. The van der Waals surface area contributed by atoms with Gasteiger partial charge in [0, 0.05) is 35.2 Å². The van der Waals surface area contributed by atoms with Crippen molar-refractivity contribution in [3.63, 3.8) is 0 Å². The minimum absolute atomic E-state index is 0.0873. The molecule has 9 heteroatoms. The molecule has 8 nitrogen and oxygen atoms in total. The summed E-state index contributed by atoms with van der Waals surface area (Å²) in [4.78, 5) is 23.7. The van der Waals surface area contributed by atoms with Crippen LogP contribution in [-0.2, 0) is 10.3 Å². The highest BCUT2D eigenvalue weighted by Gasteiger charge is 2.37. The number of H-pyrrole nitrogens is 1. The number of amides is 1. The van der Waals surface area contributed by atoms with Gasteiger partial charge in [-0.05, 0) is 36.6 Å². The van der Waals surface area contributed by atoms with E-state index in [1.54, 1.807) is 6.07 Å². The first-order chi connectivity index (χ1) is 13.5. The van der Waals surface area contributed by atoms with E-state index < -0.39 is 10.5 Å². The lowest BCUT2D eigenvalue weighted by Crippen LogP contribution is -2.49. The van der Waals surface area contributed by atoms with E-state index >= 15 is 0 Å². The Kier molecular flexibility index (Phi) is 4.86. The van der Waals surface area contributed by atoms with Crippen molar-refractivity contribution in [2.24, 2.45) is 0 Å². The SMILES string of the molecule is O=C(NC1(c2cccc(Br)c2)CCOCC1)c1n[nH]c2ccc([N+](=O)[O-])cc12. The first-order valence-electron chi connectivity index (χ1n) is 8.77. The first kappa shape index (κ1) is 18.6. The van der Waals surface area contributed by atoms with E-state index in [1.807, 2.05) is 24.3 Å². The van der Waals surface area contributed by atoms with E-state index in [0.717, 1.165) is 10.0 Å². The minimum Gasteiger partial charge on any atom is -0.381 e. The second-order valence-electron chi connectivity index (χ2n) is 6.72. The third-order valence-corrected chi connectivity index (χ3v) is 5.54. The van der Waals surface area contributed by atoms with Crippen molar-refractivity contribution in [3.8, 4) is 0 Å². The van der Waals surface area contributed by atoms with Crippen LogP contribution in [0.15, 0.2) is 46.9 Å². The number of benzene rings is 2. The topological polar surface area (TPSA) is 110 Å². The van der Waals surface area contributed by atoms with Crippen molar-refractivity contribution in [1.29, 1.82) is 0 Å². The number of hydrogen-bond donors (Lipinski definition) is 2. The molecular weight excluding hydrogens is 428 g/mol. The Balaban J connectivity index is 1.71. The van der Waals surface area contributed by atoms with E-state index in [9.17, 15) is 14.9 Å². The summed E-state index contributed by atoms with van der Waals surface area (Å²) in [6.45, 7) is 1.05. The summed E-state index contributed by atoms with van der Waals surface area (Å²) in [6, 6.07) is 12.1. The Morgan fingerprint density at radius 2 is 2.04 bits per heavy atom. The number of fused-ring (bicyclic) bond motifs is 1.